The van der Waals surface area contributed by atoms with Crippen LogP contribution in [0.15, 0.2) is 37.0 Å². The lowest BCUT2D eigenvalue weighted by molar-refractivity contribution is 0.423. The Bertz CT molecular complexity index is 311. The molecule has 1 heteroatoms. The molecule has 94 valence electrons. The van der Waals surface area contributed by atoms with Crippen LogP contribution in [0.2, 0.25) is 17.6 Å². The van der Waals surface area contributed by atoms with Gasteiger partial charge in [-0.25, -0.2) is 0 Å². The summed E-state index contributed by atoms with van der Waals surface area (Å²) in [5, 5.41) is 0. The van der Waals surface area contributed by atoms with Gasteiger partial charge in [-0.1, -0.05) is 56.3 Å². The third-order valence-corrected chi connectivity index (χ3v) is 8.98. The van der Waals surface area contributed by atoms with Gasteiger partial charge in [0.1, 0.15) is 0 Å². The van der Waals surface area contributed by atoms with Gasteiger partial charge < -0.3 is 0 Å². The van der Waals surface area contributed by atoms with E-state index in [9.17, 15) is 0 Å². The van der Waals surface area contributed by atoms with Crippen molar-refractivity contribution < 1.29 is 0 Å². The van der Waals surface area contributed by atoms with Gasteiger partial charge in [-0.3, -0.25) is 0 Å². The Kier molecular flexibility index (Phi) is 4.44. The topological polar surface area (TPSA) is 0 Å². The molecule has 4 atom stereocenters. The highest BCUT2D eigenvalue weighted by atomic mass is 28.3. The second-order valence-electron chi connectivity index (χ2n) is 5.69. The van der Waals surface area contributed by atoms with Crippen LogP contribution >= 0.6 is 0 Å². The van der Waals surface area contributed by atoms with E-state index < -0.39 is 8.80 Å². The highest BCUT2D eigenvalue weighted by Gasteiger charge is 2.42. The summed E-state index contributed by atoms with van der Waals surface area (Å²) in [6.07, 6.45) is 14.3. The lowest BCUT2D eigenvalue weighted by Crippen LogP contribution is -2.23. The average molecular weight is 246 g/mol. The molecular formula is C16H26Si. The van der Waals surface area contributed by atoms with E-state index >= 15 is 0 Å². The van der Waals surface area contributed by atoms with E-state index in [0.29, 0.717) is 0 Å². The van der Waals surface area contributed by atoms with Crippen LogP contribution in [0, 0.1) is 17.8 Å². The van der Waals surface area contributed by atoms with Crippen LogP contribution in [-0.4, -0.2) is 8.80 Å². The smallest absolute Gasteiger partial charge is 0.0400 e. The van der Waals surface area contributed by atoms with Crippen molar-refractivity contribution in [1.29, 1.82) is 0 Å². The molecule has 0 aromatic rings. The molecule has 0 heterocycles. The van der Waals surface area contributed by atoms with Crippen molar-refractivity contribution in [1.82, 2.24) is 0 Å². The fourth-order valence-corrected chi connectivity index (χ4v) is 7.61. The molecule has 0 nitrogen and oxygen atoms in total. The molecule has 0 saturated heterocycles. The van der Waals surface area contributed by atoms with Gasteiger partial charge in [-0.05, 0) is 36.1 Å². The van der Waals surface area contributed by atoms with Crippen LogP contribution in [0.3, 0.4) is 0 Å². The lowest BCUT2D eigenvalue weighted by Gasteiger charge is -2.27. The molecular weight excluding hydrogens is 220 g/mol. The maximum absolute atomic E-state index is 3.94. The molecule has 0 aliphatic heterocycles. The number of hydrogen-bond donors (Lipinski definition) is 0. The molecule has 2 rings (SSSR count). The minimum Gasteiger partial charge on any atom is -0.103 e. The molecule has 0 amide bonds. The zero-order valence-electron chi connectivity index (χ0n) is 11.3. The Balaban J connectivity index is 2.16. The standard InChI is InChI=1S/C16H26Si/c1-4-9-13-12-16(17(5-2)6-3)15-11-8-7-10-14(13)15/h4,7-8,10-11,13-17H,1,5-6,9,12H2,2-3H3. The Morgan fingerprint density at radius 2 is 1.82 bits per heavy atom. The van der Waals surface area contributed by atoms with Crippen LogP contribution in [-0.2, 0) is 0 Å². The van der Waals surface area contributed by atoms with Gasteiger partial charge in [0, 0.05) is 8.80 Å². The van der Waals surface area contributed by atoms with E-state index in [2.05, 4.69) is 50.8 Å². The molecule has 0 spiro atoms. The lowest BCUT2D eigenvalue weighted by atomic mass is 9.85. The van der Waals surface area contributed by atoms with E-state index in [4.69, 9.17) is 0 Å². The molecule has 0 aromatic carbocycles. The van der Waals surface area contributed by atoms with Gasteiger partial charge in [-0.15, -0.1) is 6.58 Å². The zero-order valence-corrected chi connectivity index (χ0v) is 12.5. The highest BCUT2D eigenvalue weighted by Crippen LogP contribution is 2.51. The van der Waals surface area contributed by atoms with Gasteiger partial charge >= 0.3 is 0 Å². The predicted octanol–water partition coefficient (Wildman–Crippen LogP) is 4.58. The summed E-state index contributed by atoms with van der Waals surface area (Å²) in [6.45, 7) is 8.77. The summed E-state index contributed by atoms with van der Waals surface area (Å²) in [4.78, 5) is 0. The normalized spacial score (nSPS) is 35.2. The summed E-state index contributed by atoms with van der Waals surface area (Å²) in [5.41, 5.74) is 1.04. The molecule has 0 bridgehead atoms. The first-order valence-electron chi connectivity index (χ1n) is 7.27. The van der Waals surface area contributed by atoms with Crippen molar-refractivity contribution in [2.45, 2.75) is 44.3 Å². The Morgan fingerprint density at radius 3 is 2.41 bits per heavy atom. The molecule has 0 N–H and O–H groups in total. The minimum absolute atomic E-state index is 0.522. The SMILES string of the molecule is C=CCC1CC([SiH](CC)CC)C2C=CC=CC12. The van der Waals surface area contributed by atoms with Crippen molar-refractivity contribution in [3.8, 4) is 0 Å². The fraction of sp³-hybridized carbons (Fsp3) is 0.625. The second kappa shape index (κ2) is 5.86. The molecule has 2 aliphatic carbocycles. The summed E-state index contributed by atoms with van der Waals surface area (Å²) < 4.78 is 0. The van der Waals surface area contributed by atoms with Gasteiger partial charge in [0.05, 0.1) is 0 Å². The maximum atomic E-state index is 3.94. The summed E-state index contributed by atoms with van der Waals surface area (Å²) in [6, 6.07) is 2.95. The van der Waals surface area contributed by atoms with Crippen molar-refractivity contribution in [3.63, 3.8) is 0 Å². The van der Waals surface area contributed by atoms with Crippen LogP contribution in [0.25, 0.3) is 0 Å². The second-order valence-corrected chi connectivity index (χ2v) is 9.69. The molecule has 0 radical (unpaired) electrons. The van der Waals surface area contributed by atoms with Gasteiger partial charge in [0.2, 0.25) is 0 Å². The summed E-state index contributed by atoms with van der Waals surface area (Å²) in [7, 11) is -0.522. The first-order chi connectivity index (χ1) is 8.31. The zero-order chi connectivity index (χ0) is 12.3. The van der Waals surface area contributed by atoms with Crippen LogP contribution in [0.1, 0.15) is 26.7 Å². The van der Waals surface area contributed by atoms with Crippen LogP contribution in [0.5, 0.6) is 0 Å². The Labute approximate surface area is 108 Å². The van der Waals surface area contributed by atoms with Crippen molar-refractivity contribution >= 4 is 8.80 Å². The number of allylic oxidation sites excluding steroid dienone is 5. The quantitative estimate of drug-likeness (QED) is 0.492. The molecule has 1 saturated carbocycles. The van der Waals surface area contributed by atoms with Gasteiger partial charge in [0.15, 0.2) is 0 Å². The van der Waals surface area contributed by atoms with Crippen LogP contribution in [0.4, 0.5) is 0 Å². The van der Waals surface area contributed by atoms with Crippen LogP contribution < -0.4 is 0 Å². The average Bonchev–Trinajstić information content (AvgIpc) is 2.72. The molecule has 4 unspecified atom stereocenters. The van der Waals surface area contributed by atoms with E-state index in [0.717, 1.165) is 23.3 Å². The number of fused-ring (bicyclic) bond motifs is 1. The number of hydrogen-bond acceptors (Lipinski definition) is 0. The molecule has 1 fully saturated rings. The molecule has 17 heavy (non-hydrogen) atoms. The maximum Gasteiger partial charge on any atom is 0.0400 e. The monoisotopic (exact) mass is 246 g/mol. The highest BCUT2D eigenvalue weighted by molar-refractivity contribution is 6.60. The Morgan fingerprint density at radius 1 is 1.18 bits per heavy atom. The van der Waals surface area contributed by atoms with E-state index in [1.165, 1.54) is 24.9 Å². The van der Waals surface area contributed by atoms with Crippen molar-refractivity contribution in [2.75, 3.05) is 0 Å². The predicted molar refractivity (Wildman–Crippen MR) is 80.0 cm³/mol. The fourth-order valence-electron chi connectivity index (χ4n) is 4.07. The van der Waals surface area contributed by atoms with E-state index in [1.54, 1.807) is 0 Å². The van der Waals surface area contributed by atoms with E-state index in [1.807, 2.05) is 0 Å². The third-order valence-electron chi connectivity index (χ3n) is 4.96. The molecule has 0 aromatic heterocycles. The first kappa shape index (κ1) is 12.9. The van der Waals surface area contributed by atoms with Gasteiger partial charge in [0.25, 0.3) is 0 Å². The largest absolute Gasteiger partial charge is 0.103 e. The summed E-state index contributed by atoms with van der Waals surface area (Å²) >= 11 is 0. The Hall–Kier alpha value is -0.563. The van der Waals surface area contributed by atoms with Crippen molar-refractivity contribution in [3.05, 3.63) is 37.0 Å². The molecule has 2 aliphatic rings. The first-order valence-corrected chi connectivity index (χ1v) is 9.57. The number of rotatable bonds is 5. The third kappa shape index (κ3) is 2.49. The van der Waals surface area contributed by atoms with E-state index in [-0.39, 0.29) is 0 Å². The van der Waals surface area contributed by atoms with Gasteiger partial charge in [-0.2, -0.15) is 0 Å². The van der Waals surface area contributed by atoms with Crippen molar-refractivity contribution in [2.24, 2.45) is 17.8 Å². The minimum atomic E-state index is -0.522. The summed E-state index contributed by atoms with van der Waals surface area (Å²) in [5.74, 6) is 2.55.